The standard InChI is InChI=1S/C15H20ClN3O/c1-2-19-5-3-11(4-6-19)17-14-7-10-8-15(20)18-13(10)9-12(14)16/h7,9,11,17H,2-6,8H2,1H3,(H,18,20). The van der Waals surface area contributed by atoms with E-state index in [0.717, 1.165) is 49.4 Å². The number of anilines is 2. The van der Waals surface area contributed by atoms with Gasteiger partial charge in [0.2, 0.25) is 5.91 Å². The van der Waals surface area contributed by atoms with Gasteiger partial charge < -0.3 is 15.5 Å². The van der Waals surface area contributed by atoms with E-state index in [9.17, 15) is 4.79 Å². The number of rotatable bonds is 3. The molecule has 3 rings (SSSR count). The second-order valence-electron chi connectivity index (χ2n) is 5.57. The Labute approximate surface area is 124 Å². The number of nitrogens with one attached hydrogen (secondary N) is 2. The van der Waals surface area contributed by atoms with Gasteiger partial charge >= 0.3 is 0 Å². The molecule has 2 aliphatic rings. The third kappa shape index (κ3) is 2.76. The Kier molecular flexibility index (Phi) is 3.85. The lowest BCUT2D eigenvalue weighted by Crippen LogP contribution is -2.38. The number of fused-ring (bicyclic) bond motifs is 1. The predicted octanol–water partition coefficient (Wildman–Crippen LogP) is 2.73. The highest BCUT2D eigenvalue weighted by Crippen LogP contribution is 2.33. The quantitative estimate of drug-likeness (QED) is 0.901. The number of piperidine rings is 1. The number of nitrogens with zero attached hydrogens (tertiary/aromatic N) is 1. The Hall–Kier alpha value is -1.26. The van der Waals surface area contributed by atoms with E-state index in [1.165, 1.54) is 0 Å². The van der Waals surface area contributed by atoms with Crippen LogP contribution in [0.1, 0.15) is 25.3 Å². The fourth-order valence-electron chi connectivity index (χ4n) is 2.97. The van der Waals surface area contributed by atoms with Crippen LogP contribution in [0.4, 0.5) is 11.4 Å². The largest absolute Gasteiger partial charge is 0.381 e. The number of hydrogen-bond acceptors (Lipinski definition) is 3. The number of carbonyl (C=O) groups is 1. The van der Waals surface area contributed by atoms with Crippen molar-refractivity contribution in [2.75, 3.05) is 30.3 Å². The third-order valence-electron chi connectivity index (χ3n) is 4.21. The molecule has 1 amide bonds. The minimum absolute atomic E-state index is 0.0458. The third-order valence-corrected chi connectivity index (χ3v) is 4.53. The first-order valence-corrected chi connectivity index (χ1v) is 7.64. The molecule has 1 aromatic carbocycles. The average Bonchev–Trinajstić information content (AvgIpc) is 2.79. The van der Waals surface area contributed by atoms with Gasteiger partial charge in [-0.25, -0.2) is 0 Å². The minimum Gasteiger partial charge on any atom is -0.381 e. The first-order chi connectivity index (χ1) is 9.65. The molecule has 0 radical (unpaired) electrons. The molecule has 0 saturated carbocycles. The van der Waals surface area contributed by atoms with Crippen LogP contribution in [0.3, 0.4) is 0 Å². The highest BCUT2D eigenvalue weighted by atomic mass is 35.5. The highest BCUT2D eigenvalue weighted by Gasteiger charge is 2.22. The fraction of sp³-hybridized carbons (Fsp3) is 0.533. The van der Waals surface area contributed by atoms with Crippen LogP contribution in [0, 0.1) is 0 Å². The number of likely N-dealkylation sites (tertiary alicyclic amines) is 1. The van der Waals surface area contributed by atoms with E-state index in [2.05, 4.69) is 22.5 Å². The van der Waals surface area contributed by atoms with Crippen molar-refractivity contribution in [1.82, 2.24) is 4.90 Å². The van der Waals surface area contributed by atoms with Crippen molar-refractivity contribution in [3.8, 4) is 0 Å². The van der Waals surface area contributed by atoms with Gasteiger partial charge in [-0.2, -0.15) is 0 Å². The molecule has 1 saturated heterocycles. The molecule has 1 aromatic rings. The first kappa shape index (κ1) is 13.7. The Bertz CT molecular complexity index is 524. The summed E-state index contributed by atoms with van der Waals surface area (Å²) >= 11 is 6.31. The molecule has 2 heterocycles. The lowest BCUT2D eigenvalue weighted by atomic mass is 10.0. The molecular weight excluding hydrogens is 274 g/mol. The molecule has 2 N–H and O–H groups in total. The molecule has 0 atom stereocenters. The summed E-state index contributed by atoms with van der Waals surface area (Å²) in [4.78, 5) is 13.9. The first-order valence-electron chi connectivity index (χ1n) is 7.27. The van der Waals surface area contributed by atoms with Gasteiger partial charge in [-0.3, -0.25) is 4.79 Å². The van der Waals surface area contributed by atoms with Crippen LogP contribution >= 0.6 is 11.6 Å². The van der Waals surface area contributed by atoms with Crippen molar-refractivity contribution < 1.29 is 4.79 Å². The SMILES string of the molecule is CCN1CCC(Nc2cc3c(cc2Cl)NC(=O)C3)CC1. The van der Waals surface area contributed by atoms with Crippen molar-refractivity contribution in [1.29, 1.82) is 0 Å². The normalized spacial score (nSPS) is 19.8. The van der Waals surface area contributed by atoms with Crippen LogP contribution in [0.25, 0.3) is 0 Å². The van der Waals surface area contributed by atoms with Gasteiger partial charge in [0.15, 0.2) is 0 Å². The summed E-state index contributed by atoms with van der Waals surface area (Å²) in [6, 6.07) is 4.34. The van der Waals surface area contributed by atoms with Crippen LogP contribution in [0.5, 0.6) is 0 Å². The Morgan fingerprint density at radius 1 is 1.40 bits per heavy atom. The van der Waals surface area contributed by atoms with E-state index in [1.807, 2.05) is 12.1 Å². The zero-order valence-electron chi connectivity index (χ0n) is 11.7. The Balaban J connectivity index is 1.69. The summed E-state index contributed by atoms with van der Waals surface area (Å²) in [5.41, 5.74) is 2.84. The van der Waals surface area contributed by atoms with Crippen LogP contribution < -0.4 is 10.6 Å². The second kappa shape index (κ2) is 5.62. The number of amides is 1. The maximum Gasteiger partial charge on any atom is 0.228 e. The van der Waals surface area contributed by atoms with Crippen molar-refractivity contribution in [3.05, 3.63) is 22.7 Å². The molecule has 0 bridgehead atoms. The van der Waals surface area contributed by atoms with E-state index >= 15 is 0 Å². The molecule has 108 valence electrons. The topological polar surface area (TPSA) is 44.4 Å². The molecule has 0 aliphatic carbocycles. The van der Waals surface area contributed by atoms with Gasteiger partial charge in [0.1, 0.15) is 0 Å². The molecule has 2 aliphatic heterocycles. The molecule has 1 fully saturated rings. The zero-order chi connectivity index (χ0) is 14.1. The predicted molar refractivity (Wildman–Crippen MR) is 82.5 cm³/mol. The van der Waals surface area contributed by atoms with E-state index in [1.54, 1.807) is 0 Å². The number of carbonyl (C=O) groups excluding carboxylic acids is 1. The summed E-state index contributed by atoms with van der Waals surface area (Å²) < 4.78 is 0. The molecule has 0 spiro atoms. The number of halogens is 1. The minimum atomic E-state index is 0.0458. The van der Waals surface area contributed by atoms with Gasteiger partial charge in [-0.05, 0) is 37.1 Å². The van der Waals surface area contributed by atoms with Crippen molar-refractivity contribution >= 4 is 28.9 Å². The highest BCUT2D eigenvalue weighted by molar-refractivity contribution is 6.33. The summed E-state index contributed by atoms with van der Waals surface area (Å²) in [5, 5.41) is 7.05. The van der Waals surface area contributed by atoms with Gasteiger partial charge in [-0.15, -0.1) is 0 Å². The summed E-state index contributed by atoms with van der Waals surface area (Å²) in [6.45, 7) is 5.60. The van der Waals surface area contributed by atoms with Gasteiger partial charge in [0.25, 0.3) is 0 Å². The second-order valence-corrected chi connectivity index (χ2v) is 5.97. The number of benzene rings is 1. The molecule has 20 heavy (non-hydrogen) atoms. The maximum absolute atomic E-state index is 11.4. The Morgan fingerprint density at radius 3 is 2.85 bits per heavy atom. The van der Waals surface area contributed by atoms with Crippen LogP contribution in [-0.4, -0.2) is 36.5 Å². The summed E-state index contributed by atoms with van der Waals surface area (Å²) in [6.07, 6.45) is 2.73. The van der Waals surface area contributed by atoms with Gasteiger partial charge in [0, 0.05) is 24.8 Å². The van der Waals surface area contributed by atoms with Crippen molar-refractivity contribution in [3.63, 3.8) is 0 Å². The van der Waals surface area contributed by atoms with E-state index < -0.39 is 0 Å². The van der Waals surface area contributed by atoms with Gasteiger partial charge in [0.05, 0.1) is 17.1 Å². The van der Waals surface area contributed by atoms with E-state index in [0.29, 0.717) is 17.5 Å². The fourth-order valence-corrected chi connectivity index (χ4v) is 3.19. The summed E-state index contributed by atoms with van der Waals surface area (Å²) in [7, 11) is 0. The van der Waals surface area contributed by atoms with Crippen molar-refractivity contribution in [2.45, 2.75) is 32.2 Å². The van der Waals surface area contributed by atoms with Crippen LogP contribution in [0.15, 0.2) is 12.1 Å². The average molecular weight is 294 g/mol. The molecule has 5 heteroatoms. The lowest BCUT2D eigenvalue weighted by molar-refractivity contribution is -0.115. The maximum atomic E-state index is 11.4. The van der Waals surface area contributed by atoms with Crippen LogP contribution in [-0.2, 0) is 11.2 Å². The number of hydrogen-bond donors (Lipinski definition) is 2. The summed E-state index contributed by atoms with van der Waals surface area (Å²) in [5.74, 6) is 0.0458. The lowest BCUT2D eigenvalue weighted by Gasteiger charge is -2.32. The molecule has 4 nitrogen and oxygen atoms in total. The zero-order valence-corrected chi connectivity index (χ0v) is 12.5. The molecule has 0 aromatic heterocycles. The van der Waals surface area contributed by atoms with Crippen molar-refractivity contribution in [2.24, 2.45) is 0 Å². The van der Waals surface area contributed by atoms with Gasteiger partial charge in [-0.1, -0.05) is 18.5 Å². The smallest absolute Gasteiger partial charge is 0.228 e. The Morgan fingerprint density at radius 2 is 2.15 bits per heavy atom. The van der Waals surface area contributed by atoms with Crippen LogP contribution in [0.2, 0.25) is 5.02 Å². The van der Waals surface area contributed by atoms with E-state index in [4.69, 9.17) is 11.6 Å². The van der Waals surface area contributed by atoms with E-state index in [-0.39, 0.29) is 5.91 Å². The monoisotopic (exact) mass is 293 g/mol. The molecule has 0 unspecified atom stereocenters. The molecular formula is C15H20ClN3O.